The first-order valence-corrected chi connectivity index (χ1v) is 12.9. The van der Waals surface area contributed by atoms with E-state index < -0.39 is 11.7 Å². The van der Waals surface area contributed by atoms with Gasteiger partial charge in [-0.3, -0.25) is 9.78 Å². The number of nitrogens with zero attached hydrogens (tertiary/aromatic N) is 3. The Kier molecular flexibility index (Phi) is 7.12. The number of hydrogen-bond acceptors (Lipinski definition) is 6. The van der Waals surface area contributed by atoms with Gasteiger partial charge in [-0.2, -0.15) is 13.2 Å². The lowest BCUT2D eigenvalue weighted by Crippen LogP contribution is -2.31. The number of likely N-dealkylation sites (tertiary alicyclic amines) is 1. The van der Waals surface area contributed by atoms with Crippen molar-refractivity contribution in [3.8, 4) is 10.4 Å². The first-order valence-electron chi connectivity index (χ1n) is 12.1. The minimum atomic E-state index is -4.36. The second-order valence-electron chi connectivity index (χ2n) is 9.17. The Bertz CT molecular complexity index is 1400. The Hall–Kier alpha value is -3.50. The summed E-state index contributed by atoms with van der Waals surface area (Å²) < 4.78 is 38.4. The average Bonchev–Trinajstić information content (AvgIpc) is 3.57. The van der Waals surface area contributed by atoms with Crippen molar-refractivity contribution in [3.05, 3.63) is 77.7 Å². The smallest absolute Gasteiger partial charge is 0.360 e. The number of nitrogens with one attached hydrogen (secondary N) is 1. The highest BCUT2D eigenvalue weighted by molar-refractivity contribution is 7.19. The zero-order valence-electron chi connectivity index (χ0n) is 20.0. The Balaban J connectivity index is 1.34. The fraction of sp³-hybridized carbons (Fsp3) is 0.296. The molecule has 2 aromatic carbocycles. The fourth-order valence-corrected chi connectivity index (χ4v) is 5.41. The van der Waals surface area contributed by atoms with Gasteiger partial charge in [0.15, 0.2) is 5.13 Å². The molecule has 37 heavy (non-hydrogen) atoms. The standard InChI is InChI=1S/C27H26F3N5OS/c28-27(29,30)21-7-3-17(4-8-21)13-22(31)16-33-26-34-23(25(36)35-11-1-2-12-35)24(37-26)19-5-6-20-15-32-10-9-18(20)14-19/h3-10,14-15,22H,1-2,11-13,16,31H2,(H,33,34). The van der Waals surface area contributed by atoms with Crippen molar-refractivity contribution in [3.63, 3.8) is 0 Å². The van der Waals surface area contributed by atoms with Crippen LogP contribution in [0.2, 0.25) is 0 Å². The average molecular weight is 526 g/mol. The minimum absolute atomic E-state index is 0.0827. The molecule has 0 aliphatic carbocycles. The summed E-state index contributed by atoms with van der Waals surface area (Å²) in [5, 5.41) is 5.85. The molecule has 0 saturated carbocycles. The number of halogens is 3. The highest BCUT2D eigenvalue weighted by Crippen LogP contribution is 2.36. The summed E-state index contributed by atoms with van der Waals surface area (Å²) in [4.78, 5) is 24.8. The van der Waals surface area contributed by atoms with Crippen molar-refractivity contribution in [2.75, 3.05) is 25.0 Å². The first-order chi connectivity index (χ1) is 17.8. The third kappa shape index (κ3) is 5.75. The molecule has 1 aliphatic heterocycles. The number of amides is 1. The normalized spacial score (nSPS) is 14.8. The zero-order valence-corrected chi connectivity index (χ0v) is 20.8. The molecule has 6 nitrogen and oxygen atoms in total. The molecule has 3 N–H and O–H groups in total. The summed E-state index contributed by atoms with van der Waals surface area (Å²) in [6.07, 6.45) is 1.54. The molecule has 1 aliphatic rings. The van der Waals surface area contributed by atoms with Gasteiger partial charge in [0.1, 0.15) is 5.69 Å². The highest BCUT2D eigenvalue weighted by Gasteiger charge is 2.30. The molecule has 0 radical (unpaired) electrons. The number of rotatable bonds is 7. The maximum absolute atomic E-state index is 13.3. The van der Waals surface area contributed by atoms with Crippen LogP contribution in [-0.2, 0) is 12.6 Å². The van der Waals surface area contributed by atoms with Crippen LogP contribution in [0, 0.1) is 0 Å². The summed E-state index contributed by atoms with van der Waals surface area (Å²) in [6, 6.07) is 12.6. The largest absolute Gasteiger partial charge is 0.416 e. The van der Waals surface area contributed by atoms with Crippen LogP contribution in [0.4, 0.5) is 18.3 Å². The van der Waals surface area contributed by atoms with Crippen molar-refractivity contribution in [1.29, 1.82) is 0 Å². The fourth-order valence-electron chi connectivity index (χ4n) is 4.45. The number of anilines is 1. The van der Waals surface area contributed by atoms with E-state index in [2.05, 4.69) is 15.3 Å². The minimum Gasteiger partial charge on any atom is -0.360 e. The van der Waals surface area contributed by atoms with Gasteiger partial charge in [-0.25, -0.2) is 4.98 Å². The van der Waals surface area contributed by atoms with E-state index in [1.54, 1.807) is 12.4 Å². The van der Waals surface area contributed by atoms with E-state index >= 15 is 0 Å². The van der Waals surface area contributed by atoms with Crippen LogP contribution in [0.5, 0.6) is 0 Å². The summed E-state index contributed by atoms with van der Waals surface area (Å²) in [5.41, 5.74) is 7.62. The maximum atomic E-state index is 13.3. The number of pyridine rings is 1. The molecule has 1 saturated heterocycles. The Labute approximate surface area is 216 Å². The molecule has 192 valence electrons. The summed E-state index contributed by atoms with van der Waals surface area (Å²) in [5.74, 6) is -0.0827. The number of fused-ring (bicyclic) bond motifs is 1. The van der Waals surface area contributed by atoms with Gasteiger partial charge < -0.3 is 16.0 Å². The number of nitrogens with two attached hydrogens (primary N) is 1. The van der Waals surface area contributed by atoms with Crippen molar-refractivity contribution < 1.29 is 18.0 Å². The Morgan fingerprint density at radius 3 is 2.57 bits per heavy atom. The molecule has 1 atom stereocenters. The van der Waals surface area contributed by atoms with E-state index in [-0.39, 0.29) is 11.9 Å². The van der Waals surface area contributed by atoms with Gasteiger partial charge in [-0.1, -0.05) is 35.6 Å². The van der Waals surface area contributed by atoms with Crippen molar-refractivity contribution in [1.82, 2.24) is 14.9 Å². The second kappa shape index (κ2) is 10.5. The van der Waals surface area contributed by atoms with Gasteiger partial charge in [0.2, 0.25) is 0 Å². The van der Waals surface area contributed by atoms with E-state index in [4.69, 9.17) is 5.73 Å². The van der Waals surface area contributed by atoms with Crippen LogP contribution in [0.25, 0.3) is 21.2 Å². The van der Waals surface area contributed by atoms with Gasteiger partial charge >= 0.3 is 6.18 Å². The molecule has 1 amide bonds. The van der Waals surface area contributed by atoms with Gasteiger partial charge in [-0.15, -0.1) is 0 Å². The molecule has 10 heteroatoms. The molecule has 1 unspecified atom stereocenters. The number of alkyl halides is 3. The molecule has 0 bridgehead atoms. The molecular weight excluding hydrogens is 499 g/mol. The molecule has 1 fully saturated rings. The van der Waals surface area contributed by atoms with E-state index in [0.717, 1.165) is 64.8 Å². The number of carbonyl (C=O) groups is 1. The number of thiazole rings is 1. The lowest BCUT2D eigenvalue weighted by molar-refractivity contribution is -0.137. The summed E-state index contributed by atoms with van der Waals surface area (Å²) in [7, 11) is 0. The third-order valence-electron chi connectivity index (χ3n) is 6.42. The summed E-state index contributed by atoms with van der Waals surface area (Å²) >= 11 is 1.40. The predicted octanol–water partition coefficient (Wildman–Crippen LogP) is 5.60. The maximum Gasteiger partial charge on any atom is 0.416 e. The second-order valence-corrected chi connectivity index (χ2v) is 10.2. The van der Waals surface area contributed by atoms with E-state index in [1.165, 1.54) is 23.5 Å². The Morgan fingerprint density at radius 2 is 1.84 bits per heavy atom. The molecule has 3 heterocycles. The quantitative estimate of drug-likeness (QED) is 0.328. The number of aromatic nitrogens is 2. The van der Waals surface area contributed by atoms with E-state index in [1.807, 2.05) is 29.2 Å². The van der Waals surface area contributed by atoms with Crippen molar-refractivity contribution in [2.45, 2.75) is 31.5 Å². The Morgan fingerprint density at radius 1 is 1.08 bits per heavy atom. The topological polar surface area (TPSA) is 84.1 Å². The molecule has 5 rings (SSSR count). The summed E-state index contributed by atoms with van der Waals surface area (Å²) in [6.45, 7) is 1.80. The monoisotopic (exact) mass is 525 g/mol. The first kappa shape index (κ1) is 25.2. The van der Waals surface area contributed by atoms with Crippen molar-refractivity contribution in [2.24, 2.45) is 5.73 Å². The highest BCUT2D eigenvalue weighted by atomic mass is 32.1. The molecule has 4 aromatic rings. The van der Waals surface area contributed by atoms with Gasteiger partial charge in [0, 0.05) is 43.5 Å². The van der Waals surface area contributed by atoms with Crippen LogP contribution in [0.15, 0.2) is 60.9 Å². The lowest BCUT2D eigenvalue weighted by atomic mass is 10.0. The van der Waals surface area contributed by atoms with Crippen LogP contribution in [0.3, 0.4) is 0 Å². The van der Waals surface area contributed by atoms with Crippen LogP contribution < -0.4 is 11.1 Å². The number of carbonyl (C=O) groups excluding carboxylic acids is 1. The van der Waals surface area contributed by atoms with E-state index in [9.17, 15) is 18.0 Å². The van der Waals surface area contributed by atoms with E-state index in [0.29, 0.717) is 23.8 Å². The lowest BCUT2D eigenvalue weighted by Gasteiger charge is -2.14. The molecular formula is C27H26F3N5OS. The predicted molar refractivity (Wildman–Crippen MR) is 140 cm³/mol. The van der Waals surface area contributed by atoms with Crippen LogP contribution in [-0.4, -0.2) is 46.5 Å². The number of hydrogen-bond donors (Lipinski definition) is 2. The molecule has 0 spiro atoms. The van der Waals surface area contributed by atoms with Crippen LogP contribution >= 0.6 is 11.3 Å². The SMILES string of the molecule is NC(CNc1nc(C(=O)N2CCCC2)c(-c2ccc3cnccc3c2)s1)Cc1ccc(C(F)(F)F)cc1. The third-order valence-corrected chi connectivity index (χ3v) is 7.48. The van der Waals surface area contributed by atoms with Crippen molar-refractivity contribution >= 4 is 33.1 Å². The van der Waals surface area contributed by atoms with Gasteiger partial charge in [0.25, 0.3) is 5.91 Å². The van der Waals surface area contributed by atoms with Gasteiger partial charge in [-0.05, 0) is 60.0 Å². The van der Waals surface area contributed by atoms with Gasteiger partial charge in [0.05, 0.1) is 10.4 Å². The zero-order chi connectivity index (χ0) is 26.0. The van der Waals surface area contributed by atoms with Crippen LogP contribution in [0.1, 0.15) is 34.5 Å². The molecule has 2 aromatic heterocycles. The number of benzene rings is 2.